The molecule has 0 amide bonds. The SMILES string of the molecule is O=S(=O)(O)c1ccccc1.O[C@@H](COc1ccc(Cl)cc1)CN1CCC(O)(c2cccnc2)CC1. The van der Waals surface area contributed by atoms with E-state index in [1.807, 2.05) is 12.1 Å². The molecule has 10 heteroatoms. The number of halogens is 1. The second kappa shape index (κ2) is 12.4. The number of rotatable bonds is 7. The Balaban J connectivity index is 0.000000287. The molecule has 0 saturated carbocycles. The van der Waals surface area contributed by atoms with Crippen molar-refractivity contribution in [3.05, 3.63) is 89.7 Å². The second-order valence-corrected chi connectivity index (χ2v) is 10.1. The maximum absolute atomic E-state index is 10.8. The minimum Gasteiger partial charge on any atom is -0.491 e. The number of aromatic nitrogens is 1. The quantitative estimate of drug-likeness (QED) is 0.405. The van der Waals surface area contributed by atoms with Crippen molar-refractivity contribution < 1.29 is 27.9 Å². The van der Waals surface area contributed by atoms with Crippen LogP contribution in [0, 0.1) is 0 Å². The van der Waals surface area contributed by atoms with Gasteiger partial charge in [-0.1, -0.05) is 35.9 Å². The van der Waals surface area contributed by atoms with Crippen molar-refractivity contribution in [2.45, 2.75) is 29.4 Å². The Morgan fingerprint density at radius 3 is 2.23 bits per heavy atom. The van der Waals surface area contributed by atoms with Crippen LogP contribution in [-0.4, -0.2) is 65.4 Å². The molecule has 1 aromatic heterocycles. The molecule has 0 aliphatic carbocycles. The van der Waals surface area contributed by atoms with Crippen molar-refractivity contribution in [2.24, 2.45) is 0 Å². The van der Waals surface area contributed by atoms with Gasteiger partial charge < -0.3 is 19.8 Å². The largest absolute Gasteiger partial charge is 0.491 e. The van der Waals surface area contributed by atoms with Crippen LogP contribution in [0.1, 0.15) is 18.4 Å². The van der Waals surface area contributed by atoms with Gasteiger partial charge >= 0.3 is 0 Å². The number of aliphatic hydroxyl groups is 2. The molecule has 1 fully saturated rings. The standard InChI is InChI=1S/C19H23ClN2O3.C6H6O3S/c20-16-3-5-18(6-4-16)25-14-17(23)13-22-10-7-19(24,8-11-22)15-2-1-9-21-12-15;7-10(8,9)6-4-2-1-3-5-6/h1-6,9,12,17,23-24H,7-8,10-11,13-14H2;1-5H,(H,7,8,9)/t17-;/m1./s1. The monoisotopic (exact) mass is 520 g/mol. The molecule has 0 spiro atoms. The van der Waals surface area contributed by atoms with Gasteiger partial charge in [0.1, 0.15) is 18.5 Å². The van der Waals surface area contributed by atoms with Crippen LogP contribution in [0.15, 0.2) is 84.0 Å². The highest BCUT2D eigenvalue weighted by Crippen LogP contribution is 2.32. The Morgan fingerprint density at radius 2 is 1.69 bits per heavy atom. The third-order valence-corrected chi connectivity index (χ3v) is 6.77. The lowest BCUT2D eigenvalue weighted by Gasteiger charge is -2.39. The molecule has 2 heterocycles. The van der Waals surface area contributed by atoms with Gasteiger partial charge in [0.2, 0.25) is 0 Å². The molecule has 1 aliphatic heterocycles. The minimum absolute atomic E-state index is 0.0741. The van der Waals surface area contributed by atoms with Crippen molar-refractivity contribution in [2.75, 3.05) is 26.2 Å². The number of hydrogen-bond donors (Lipinski definition) is 3. The first-order valence-electron chi connectivity index (χ1n) is 11.1. The highest BCUT2D eigenvalue weighted by Gasteiger charge is 2.34. The minimum atomic E-state index is -4.00. The summed E-state index contributed by atoms with van der Waals surface area (Å²) in [6, 6.07) is 18.3. The average Bonchev–Trinajstić information content (AvgIpc) is 2.86. The summed E-state index contributed by atoms with van der Waals surface area (Å²) in [6.07, 6.45) is 4.11. The zero-order valence-electron chi connectivity index (χ0n) is 19.1. The Morgan fingerprint density at radius 1 is 1.03 bits per heavy atom. The van der Waals surface area contributed by atoms with Crippen LogP contribution < -0.4 is 4.74 Å². The first-order valence-corrected chi connectivity index (χ1v) is 12.9. The molecule has 188 valence electrons. The average molecular weight is 521 g/mol. The summed E-state index contributed by atoms with van der Waals surface area (Å²) in [5, 5.41) is 21.7. The van der Waals surface area contributed by atoms with Gasteiger partial charge in [-0.25, -0.2) is 0 Å². The van der Waals surface area contributed by atoms with E-state index >= 15 is 0 Å². The van der Waals surface area contributed by atoms with Crippen LogP contribution in [0.25, 0.3) is 0 Å². The number of nitrogens with zero attached hydrogens (tertiary/aromatic N) is 2. The van der Waals surface area contributed by atoms with E-state index in [2.05, 4.69) is 9.88 Å². The molecule has 1 saturated heterocycles. The number of piperidine rings is 1. The fraction of sp³-hybridized carbons (Fsp3) is 0.320. The van der Waals surface area contributed by atoms with Crippen LogP contribution in [0.3, 0.4) is 0 Å². The third kappa shape index (κ3) is 8.57. The van der Waals surface area contributed by atoms with E-state index in [4.69, 9.17) is 20.9 Å². The Kier molecular flexibility index (Phi) is 9.62. The van der Waals surface area contributed by atoms with E-state index in [1.165, 1.54) is 12.1 Å². The van der Waals surface area contributed by atoms with Gasteiger partial charge in [-0.3, -0.25) is 9.54 Å². The number of hydrogen-bond acceptors (Lipinski definition) is 7. The molecular formula is C25H29ClN2O6S. The second-order valence-electron chi connectivity index (χ2n) is 8.28. The van der Waals surface area contributed by atoms with E-state index in [0.29, 0.717) is 30.2 Å². The van der Waals surface area contributed by atoms with Gasteiger partial charge in [0.25, 0.3) is 10.1 Å². The van der Waals surface area contributed by atoms with E-state index in [0.717, 1.165) is 18.7 Å². The van der Waals surface area contributed by atoms with E-state index in [1.54, 1.807) is 54.9 Å². The summed E-state index contributed by atoms with van der Waals surface area (Å²) >= 11 is 5.83. The Labute approximate surface area is 210 Å². The van der Waals surface area contributed by atoms with Gasteiger partial charge in [-0.15, -0.1) is 0 Å². The van der Waals surface area contributed by atoms with Gasteiger partial charge in [0, 0.05) is 42.6 Å². The summed E-state index contributed by atoms with van der Waals surface area (Å²) in [4.78, 5) is 6.17. The van der Waals surface area contributed by atoms with E-state index < -0.39 is 21.8 Å². The predicted octanol–water partition coefficient (Wildman–Crippen LogP) is 3.39. The molecule has 3 aromatic rings. The van der Waals surface area contributed by atoms with Crippen LogP contribution in [0.2, 0.25) is 5.02 Å². The smallest absolute Gasteiger partial charge is 0.294 e. The van der Waals surface area contributed by atoms with Gasteiger partial charge in [0.05, 0.1) is 10.5 Å². The molecule has 3 N–H and O–H groups in total. The van der Waals surface area contributed by atoms with Crippen molar-refractivity contribution in [1.82, 2.24) is 9.88 Å². The number of benzene rings is 2. The van der Waals surface area contributed by atoms with Gasteiger partial charge in [0.15, 0.2) is 0 Å². The number of ether oxygens (including phenoxy) is 1. The molecule has 4 rings (SSSR count). The molecule has 8 nitrogen and oxygen atoms in total. The van der Waals surface area contributed by atoms with Crippen molar-refractivity contribution in [3.8, 4) is 5.75 Å². The van der Waals surface area contributed by atoms with Crippen LogP contribution in [0.4, 0.5) is 0 Å². The zero-order valence-corrected chi connectivity index (χ0v) is 20.6. The topological polar surface area (TPSA) is 120 Å². The van der Waals surface area contributed by atoms with Gasteiger partial charge in [-0.2, -0.15) is 8.42 Å². The maximum atomic E-state index is 10.8. The molecule has 0 radical (unpaired) electrons. The fourth-order valence-electron chi connectivity index (χ4n) is 3.70. The van der Waals surface area contributed by atoms with Crippen molar-refractivity contribution in [1.29, 1.82) is 0 Å². The normalized spacial score (nSPS) is 16.6. The molecule has 0 unspecified atom stereocenters. The molecule has 1 aliphatic rings. The summed E-state index contributed by atoms with van der Waals surface area (Å²) < 4.78 is 34.8. The van der Waals surface area contributed by atoms with Crippen LogP contribution in [0.5, 0.6) is 5.75 Å². The molecule has 0 bridgehead atoms. The Bertz CT molecular complexity index is 1140. The molecule has 2 aromatic carbocycles. The predicted molar refractivity (Wildman–Crippen MR) is 133 cm³/mol. The van der Waals surface area contributed by atoms with E-state index in [-0.39, 0.29) is 11.5 Å². The lowest BCUT2D eigenvalue weighted by Crippen LogP contribution is -2.46. The number of aliphatic hydroxyl groups excluding tert-OH is 1. The summed E-state index contributed by atoms with van der Waals surface area (Å²) in [6.45, 7) is 2.20. The molecular weight excluding hydrogens is 492 g/mol. The molecule has 35 heavy (non-hydrogen) atoms. The number of likely N-dealkylation sites (tertiary alicyclic amines) is 1. The highest BCUT2D eigenvalue weighted by atomic mass is 35.5. The third-order valence-electron chi connectivity index (χ3n) is 5.65. The number of β-amino-alcohol motifs (C(OH)–C–C–N with tert-alkyl or cyclic N) is 1. The summed E-state index contributed by atoms with van der Waals surface area (Å²) in [5.74, 6) is 0.688. The fourth-order valence-corrected chi connectivity index (χ4v) is 4.33. The Hall–Kier alpha value is -2.53. The first kappa shape index (κ1) is 27.1. The van der Waals surface area contributed by atoms with E-state index in [9.17, 15) is 18.6 Å². The molecule has 1 atom stereocenters. The summed E-state index contributed by atoms with van der Waals surface area (Å²) in [7, 11) is -4.00. The van der Waals surface area contributed by atoms with Crippen molar-refractivity contribution >= 4 is 21.7 Å². The first-order chi connectivity index (χ1) is 16.7. The van der Waals surface area contributed by atoms with Gasteiger partial charge in [-0.05, 0) is 55.3 Å². The summed E-state index contributed by atoms with van der Waals surface area (Å²) in [5.41, 5.74) is 0.0384. The van der Waals surface area contributed by atoms with Crippen molar-refractivity contribution in [3.63, 3.8) is 0 Å². The lowest BCUT2D eigenvalue weighted by atomic mass is 9.85. The van der Waals surface area contributed by atoms with Crippen LogP contribution >= 0.6 is 11.6 Å². The van der Waals surface area contributed by atoms with Crippen LogP contribution in [-0.2, 0) is 15.7 Å². The maximum Gasteiger partial charge on any atom is 0.294 e. The zero-order chi connectivity index (χ0) is 25.3. The highest BCUT2D eigenvalue weighted by molar-refractivity contribution is 7.85. The number of pyridine rings is 1. The lowest BCUT2D eigenvalue weighted by molar-refractivity contribution is -0.0374.